The maximum Gasteiger partial charge on any atom is 0.416 e. The molecule has 3 saturated heterocycles. The van der Waals surface area contributed by atoms with Crippen molar-refractivity contribution in [3.05, 3.63) is 42.0 Å². The molecule has 1 aromatic heterocycles. The predicted octanol–water partition coefficient (Wildman–Crippen LogP) is 3.64. The van der Waals surface area contributed by atoms with Gasteiger partial charge in [-0.3, -0.25) is 4.90 Å². The molecular formula is C18H18F3N3O. The van der Waals surface area contributed by atoms with Gasteiger partial charge >= 0.3 is 6.18 Å². The Morgan fingerprint density at radius 1 is 1.04 bits per heavy atom. The van der Waals surface area contributed by atoms with Crippen LogP contribution in [0.2, 0.25) is 0 Å². The van der Waals surface area contributed by atoms with Crippen molar-refractivity contribution in [1.29, 1.82) is 0 Å². The molecule has 3 fully saturated rings. The van der Waals surface area contributed by atoms with Crippen LogP contribution in [0.1, 0.15) is 18.4 Å². The second-order valence-electron chi connectivity index (χ2n) is 6.63. The van der Waals surface area contributed by atoms with Gasteiger partial charge < -0.3 is 4.74 Å². The van der Waals surface area contributed by atoms with Gasteiger partial charge in [0.25, 0.3) is 0 Å². The third-order valence-corrected chi connectivity index (χ3v) is 4.99. The van der Waals surface area contributed by atoms with Crippen molar-refractivity contribution in [2.24, 2.45) is 5.92 Å². The van der Waals surface area contributed by atoms with Crippen LogP contribution in [0.15, 0.2) is 36.4 Å². The number of piperidine rings is 3. The Morgan fingerprint density at radius 3 is 2.44 bits per heavy atom. The van der Waals surface area contributed by atoms with Crippen molar-refractivity contribution in [3.63, 3.8) is 0 Å². The summed E-state index contributed by atoms with van der Waals surface area (Å²) in [6.07, 6.45) is -1.97. The highest BCUT2D eigenvalue weighted by Crippen LogP contribution is 2.32. The van der Waals surface area contributed by atoms with Crippen LogP contribution in [-0.4, -0.2) is 40.8 Å². The van der Waals surface area contributed by atoms with E-state index in [1.165, 1.54) is 6.07 Å². The van der Waals surface area contributed by atoms with E-state index in [2.05, 4.69) is 15.1 Å². The van der Waals surface area contributed by atoms with E-state index in [-0.39, 0.29) is 6.10 Å². The van der Waals surface area contributed by atoms with E-state index in [9.17, 15) is 13.2 Å². The Morgan fingerprint density at radius 2 is 1.84 bits per heavy atom. The molecule has 5 rings (SSSR count). The van der Waals surface area contributed by atoms with E-state index < -0.39 is 11.7 Å². The smallest absolute Gasteiger partial charge is 0.416 e. The second kappa shape index (κ2) is 6.29. The zero-order chi connectivity index (χ0) is 17.4. The molecule has 0 spiro atoms. The summed E-state index contributed by atoms with van der Waals surface area (Å²) in [5, 5.41) is 8.10. The lowest BCUT2D eigenvalue weighted by Crippen LogP contribution is -2.52. The minimum Gasteiger partial charge on any atom is -0.472 e. The van der Waals surface area contributed by atoms with E-state index >= 15 is 0 Å². The van der Waals surface area contributed by atoms with E-state index in [4.69, 9.17) is 4.74 Å². The lowest BCUT2D eigenvalue weighted by molar-refractivity contribution is -0.137. The molecule has 1 atom stereocenters. The molecule has 1 aromatic carbocycles. The van der Waals surface area contributed by atoms with E-state index in [0.29, 0.717) is 23.1 Å². The van der Waals surface area contributed by atoms with Crippen molar-refractivity contribution < 1.29 is 17.9 Å². The van der Waals surface area contributed by atoms with Crippen LogP contribution in [0.5, 0.6) is 5.88 Å². The average Bonchev–Trinajstić information content (AvgIpc) is 2.63. The van der Waals surface area contributed by atoms with Crippen LogP contribution in [0.3, 0.4) is 0 Å². The summed E-state index contributed by atoms with van der Waals surface area (Å²) in [7, 11) is 0. The summed E-state index contributed by atoms with van der Waals surface area (Å²) in [5.74, 6) is 0.976. The Hall–Kier alpha value is -2.15. The first kappa shape index (κ1) is 16.3. The third-order valence-electron chi connectivity index (χ3n) is 4.99. The maximum absolute atomic E-state index is 12.8. The quantitative estimate of drug-likeness (QED) is 0.848. The summed E-state index contributed by atoms with van der Waals surface area (Å²) >= 11 is 0. The van der Waals surface area contributed by atoms with Crippen molar-refractivity contribution in [1.82, 2.24) is 15.1 Å². The number of alkyl halides is 3. The molecule has 0 saturated carbocycles. The summed E-state index contributed by atoms with van der Waals surface area (Å²) in [5.41, 5.74) is 0.0866. The van der Waals surface area contributed by atoms with Crippen molar-refractivity contribution in [2.75, 3.05) is 19.6 Å². The highest BCUT2D eigenvalue weighted by atomic mass is 19.4. The van der Waals surface area contributed by atoms with Crippen molar-refractivity contribution >= 4 is 0 Å². The average molecular weight is 349 g/mol. The van der Waals surface area contributed by atoms with Crippen molar-refractivity contribution in [3.8, 4) is 17.1 Å². The molecule has 3 aliphatic heterocycles. The molecule has 2 bridgehead atoms. The normalized spacial score (nSPS) is 25.8. The largest absolute Gasteiger partial charge is 0.472 e. The topological polar surface area (TPSA) is 38.2 Å². The first-order valence-corrected chi connectivity index (χ1v) is 8.39. The van der Waals surface area contributed by atoms with Gasteiger partial charge in [0, 0.05) is 18.2 Å². The molecule has 0 radical (unpaired) electrons. The SMILES string of the molecule is FC(F)(F)c1cccc(-c2ccc(O[C@H]3CN4CCC3CC4)nn2)c1. The van der Waals surface area contributed by atoms with Crippen LogP contribution in [0.4, 0.5) is 13.2 Å². The third kappa shape index (κ3) is 3.46. The Labute approximate surface area is 143 Å². The number of fused-ring (bicyclic) bond motifs is 3. The predicted molar refractivity (Wildman–Crippen MR) is 86.1 cm³/mol. The second-order valence-corrected chi connectivity index (χ2v) is 6.63. The van der Waals surface area contributed by atoms with E-state index in [1.807, 2.05) is 0 Å². The summed E-state index contributed by atoms with van der Waals surface area (Å²) in [6.45, 7) is 3.16. The summed E-state index contributed by atoms with van der Waals surface area (Å²) < 4.78 is 44.4. The first-order chi connectivity index (χ1) is 12.0. The van der Waals surface area contributed by atoms with Gasteiger partial charge in [0.2, 0.25) is 5.88 Å². The van der Waals surface area contributed by atoms with Crippen LogP contribution in [0, 0.1) is 5.92 Å². The number of hydrogen-bond donors (Lipinski definition) is 0. The van der Waals surface area contributed by atoms with E-state index in [0.717, 1.165) is 44.6 Å². The fourth-order valence-corrected chi connectivity index (χ4v) is 3.59. The lowest BCUT2D eigenvalue weighted by Gasteiger charge is -2.44. The number of ether oxygens (including phenoxy) is 1. The van der Waals surface area contributed by atoms with Gasteiger partial charge in [-0.25, -0.2) is 0 Å². The molecule has 0 N–H and O–H groups in total. The van der Waals surface area contributed by atoms with Gasteiger partial charge in [-0.15, -0.1) is 10.2 Å². The minimum atomic E-state index is -4.37. The van der Waals surface area contributed by atoms with Gasteiger partial charge in [-0.1, -0.05) is 12.1 Å². The molecule has 4 heterocycles. The lowest BCUT2D eigenvalue weighted by atomic mass is 9.86. The van der Waals surface area contributed by atoms with E-state index in [1.54, 1.807) is 18.2 Å². The standard InChI is InChI=1S/C18H18F3N3O/c19-18(20,21)14-3-1-2-13(10-14)15-4-5-17(23-22-15)25-16-11-24-8-6-12(16)7-9-24/h1-5,10,12,16H,6-9,11H2/t16-/m0/s1. The highest BCUT2D eigenvalue weighted by Gasteiger charge is 2.35. The zero-order valence-electron chi connectivity index (χ0n) is 13.5. The monoisotopic (exact) mass is 349 g/mol. The molecule has 3 aliphatic rings. The Kier molecular flexibility index (Phi) is 4.11. The summed E-state index contributed by atoms with van der Waals surface area (Å²) in [6, 6.07) is 8.42. The van der Waals surface area contributed by atoms with Gasteiger partial charge in [0.1, 0.15) is 6.10 Å². The molecular weight excluding hydrogens is 331 g/mol. The van der Waals surface area contributed by atoms with Crippen LogP contribution >= 0.6 is 0 Å². The molecule has 4 nitrogen and oxygen atoms in total. The minimum absolute atomic E-state index is 0.121. The van der Waals surface area contributed by atoms with Gasteiger partial charge in [-0.2, -0.15) is 13.2 Å². The maximum atomic E-state index is 12.8. The summed E-state index contributed by atoms with van der Waals surface area (Å²) in [4.78, 5) is 2.38. The zero-order valence-corrected chi connectivity index (χ0v) is 13.5. The number of rotatable bonds is 3. The molecule has 0 amide bonds. The number of benzene rings is 1. The number of halogens is 3. The number of hydrogen-bond acceptors (Lipinski definition) is 4. The van der Waals surface area contributed by atoms with Gasteiger partial charge in [-0.05, 0) is 50.0 Å². The molecule has 7 heteroatoms. The van der Waals surface area contributed by atoms with Gasteiger partial charge in [0.05, 0.1) is 11.3 Å². The highest BCUT2D eigenvalue weighted by molar-refractivity contribution is 5.59. The van der Waals surface area contributed by atoms with Crippen LogP contribution in [-0.2, 0) is 6.18 Å². The molecule has 25 heavy (non-hydrogen) atoms. The van der Waals surface area contributed by atoms with Crippen LogP contribution < -0.4 is 4.74 Å². The fourth-order valence-electron chi connectivity index (χ4n) is 3.59. The Bertz CT molecular complexity index is 740. The molecule has 0 unspecified atom stereocenters. The number of nitrogens with zero attached hydrogens (tertiary/aromatic N) is 3. The molecule has 2 aromatic rings. The molecule has 0 aliphatic carbocycles. The number of aromatic nitrogens is 2. The fraction of sp³-hybridized carbons (Fsp3) is 0.444. The Balaban J connectivity index is 1.49. The van der Waals surface area contributed by atoms with Crippen LogP contribution in [0.25, 0.3) is 11.3 Å². The van der Waals surface area contributed by atoms with Crippen molar-refractivity contribution in [2.45, 2.75) is 25.1 Å². The first-order valence-electron chi connectivity index (χ1n) is 8.39. The molecule has 132 valence electrons. The van der Waals surface area contributed by atoms with Gasteiger partial charge in [0.15, 0.2) is 0 Å².